The predicted molar refractivity (Wildman–Crippen MR) is 73.1 cm³/mol. The van der Waals surface area contributed by atoms with Gasteiger partial charge in [-0.25, -0.2) is 0 Å². The Hall–Kier alpha value is -1.60. The van der Waals surface area contributed by atoms with Gasteiger partial charge in [-0.15, -0.1) is 0 Å². The number of carbonyl (C=O) groups is 1. The molecule has 0 spiro atoms. The van der Waals surface area contributed by atoms with Crippen molar-refractivity contribution in [2.75, 3.05) is 19.8 Å². The van der Waals surface area contributed by atoms with Gasteiger partial charge in [0.05, 0.1) is 37.3 Å². The normalized spacial score (nSPS) is 22.7. The Bertz CT molecular complexity index is 533. The molecule has 1 amide bonds. The van der Waals surface area contributed by atoms with Crippen molar-refractivity contribution in [3.8, 4) is 0 Å². The van der Waals surface area contributed by atoms with Gasteiger partial charge in [-0.3, -0.25) is 4.79 Å². The van der Waals surface area contributed by atoms with Crippen LogP contribution in [0.15, 0.2) is 24.3 Å². The summed E-state index contributed by atoms with van der Waals surface area (Å²) < 4.78 is 44.2. The first-order valence-electron chi connectivity index (χ1n) is 7.00. The first-order valence-corrected chi connectivity index (χ1v) is 7.00. The zero-order valence-electron chi connectivity index (χ0n) is 12.1. The number of alkyl halides is 3. The fraction of sp³-hybridized carbons (Fsp3) is 0.533. The minimum Gasteiger partial charge on any atom is -0.394 e. The van der Waals surface area contributed by atoms with E-state index in [4.69, 9.17) is 9.84 Å². The van der Waals surface area contributed by atoms with Gasteiger partial charge in [0.15, 0.2) is 0 Å². The fourth-order valence-electron chi connectivity index (χ4n) is 2.49. The lowest BCUT2D eigenvalue weighted by Crippen LogP contribution is -2.52. The van der Waals surface area contributed by atoms with E-state index in [-0.39, 0.29) is 37.8 Å². The molecular formula is C15H18F3NO3. The van der Waals surface area contributed by atoms with Gasteiger partial charge >= 0.3 is 6.18 Å². The van der Waals surface area contributed by atoms with Crippen molar-refractivity contribution in [2.24, 2.45) is 0 Å². The predicted octanol–water partition coefficient (Wildman–Crippen LogP) is 1.86. The Morgan fingerprint density at radius 3 is 2.73 bits per heavy atom. The van der Waals surface area contributed by atoms with E-state index < -0.39 is 23.8 Å². The summed E-state index contributed by atoms with van der Waals surface area (Å²) in [5, 5.41) is 9.11. The molecule has 1 saturated heterocycles. The van der Waals surface area contributed by atoms with Crippen LogP contribution in [-0.4, -0.2) is 47.8 Å². The van der Waals surface area contributed by atoms with Crippen molar-refractivity contribution >= 4 is 5.91 Å². The monoisotopic (exact) mass is 317 g/mol. The highest BCUT2D eigenvalue weighted by Crippen LogP contribution is 2.32. The van der Waals surface area contributed by atoms with Crippen LogP contribution in [0.4, 0.5) is 13.2 Å². The maximum atomic E-state index is 13.0. The summed E-state index contributed by atoms with van der Waals surface area (Å²) in [6.07, 6.45) is -5.29. The maximum absolute atomic E-state index is 13.0. The topological polar surface area (TPSA) is 49.8 Å². The number of hydrogen-bond acceptors (Lipinski definition) is 3. The molecule has 2 unspecified atom stereocenters. The third-order valence-corrected chi connectivity index (χ3v) is 3.69. The number of aliphatic hydroxyl groups is 1. The SMILES string of the molecule is CC1COC(CO)CN1C(=O)Cc1ccccc1C(F)(F)F. The molecule has 0 aliphatic carbocycles. The molecule has 1 fully saturated rings. The van der Waals surface area contributed by atoms with Gasteiger partial charge in [0, 0.05) is 6.54 Å². The number of benzene rings is 1. The second kappa shape index (κ2) is 6.66. The molecule has 1 N–H and O–H groups in total. The van der Waals surface area contributed by atoms with Crippen LogP contribution in [0.5, 0.6) is 0 Å². The second-order valence-corrected chi connectivity index (χ2v) is 5.36. The molecule has 0 saturated carbocycles. The summed E-state index contributed by atoms with van der Waals surface area (Å²) in [6, 6.07) is 4.85. The highest BCUT2D eigenvalue weighted by atomic mass is 19.4. The number of nitrogens with zero attached hydrogens (tertiary/aromatic N) is 1. The largest absolute Gasteiger partial charge is 0.416 e. The van der Waals surface area contributed by atoms with E-state index in [1.165, 1.54) is 23.1 Å². The lowest BCUT2D eigenvalue weighted by molar-refractivity contribution is -0.146. The number of hydrogen-bond donors (Lipinski definition) is 1. The quantitative estimate of drug-likeness (QED) is 0.926. The highest BCUT2D eigenvalue weighted by molar-refractivity contribution is 5.79. The van der Waals surface area contributed by atoms with Gasteiger partial charge in [-0.1, -0.05) is 18.2 Å². The second-order valence-electron chi connectivity index (χ2n) is 5.36. The molecule has 2 rings (SSSR count). The summed E-state index contributed by atoms with van der Waals surface area (Å²) in [5.41, 5.74) is -0.831. The van der Waals surface area contributed by atoms with E-state index in [1.54, 1.807) is 6.92 Å². The van der Waals surface area contributed by atoms with Crippen LogP contribution in [0.2, 0.25) is 0 Å². The minimum atomic E-state index is -4.48. The number of aliphatic hydroxyl groups excluding tert-OH is 1. The van der Waals surface area contributed by atoms with Crippen LogP contribution in [0.25, 0.3) is 0 Å². The highest BCUT2D eigenvalue weighted by Gasteiger charge is 2.35. The molecule has 1 aliphatic heterocycles. The zero-order valence-corrected chi connectivity index (χ0v) is 12.1. The molecule has 0 aromatic heterocycles. The average Bonchev–Trinajstić information content (AvgIpc) is 2.47. The molecule has 4 nitrogen and oxygen atoms in total. The number of rotatable bonds is 3. The van der Waals surface area contributed by atoms with E-state index >= 15 is 0 Å². The lowest BCUT2D eigenvalue weighted by atomic mass is 10.0. The Labute approximate surface area is 126 Å². The standard InChI is InChI=1S/C15H18F3NO3/c1-10-9-22-12(8-20)7-19(10)14(21)6-11-4-2-3-5-13(11)15(16,17)18/h2-5,10,12,20H,6-9H2,1H3. The van der Waals surface area contributed by atoms with E-state index in [9.17, 15) is 18.0 Å². The number of halogens is 3. The van der Waals surface area contributed by atoms with Crippen LogP contribution < -0.4 is 0 Å². The first-order chi connectivity index (χ1) is 10.3. The summed E-state index contributed by atoms with van der Waals surface area (Å²) in [5.74, 6) is -0.397. The average molecular weight is 317 g/mol. The Kier molecular flexibility index (Phi) is 5.08. The van der Waals surface area contributed by atoms with Gasteiger partial charge in [0.25, 0.3) is 0 Å². The smallest absolute Gasteiger partial charge is 0.394 e. The molecule has 122 valence electrons. The Balaban J connectivity index is 2.15. The first kappa shape index (κ1) is 16.8. The van der Waals surface area contributed by atoms with Crippen LogP contribution in [0.1, 0.15) is 18.1 Å². The Morgan fingerprint density at radius 1 is 1.41 bits per heavy atom. The number of amides is 1. The molecule has 1 aliphatic rings. The summed E-state index contributed by atoms with van der Waals surface area (Å²) in [6.45, 7) is 1.99. The molecule has 0 bridgehead atoms. The maximum Gasteiger partial charge on any atom is 0.416 e. The molecule has 1 heterocycles. The minimum absolute atomic E-state index is 0.0424. The number of ether oxygens (including phenoxy) is 1. The third-order valence-electron chi connectivity index (χ3n) is 3.69. The summed E-state index contributed by atoms with van der Waals surface area (Å²) >= 11 is 0. The van der Waals surface area contributed by atoms with Crippen LogP contribution in [0, 0.1) is 0 Å². The van der Waals surface area contributed by atoms with Gasteiger partial charge in [0.2, 0.25) is 5.91 Å². The molecule has 1 aromatic carbocycles. The number of carbonyl (C=O) groups excluding carboxylic acids is 1. The van der Waals surface area contributed by atoms with Crippen molar-refractivity contribution in [1.29, 1.82) is 0 Å². The third kappa shape index (κ3) is 3.78. The van der Waals surface area contributed by atoms with E-state index in [2.05, 4.69) is 0 Å². The molecule has 7 heteroatoms. The van der Waals surface area contributed by atoms with Crippen molar-refractivity contribution in [1.82, 2.24) is 4.90 Å². The van der Waals surface area contributed by atoms with Gasteiger partial charge in [-0.05, 0) is 18.6 Å². The van der Waals surface area contributed by atoms with E-state index in [1.807, 2.05) is 0 Å². The lowest BCUT2D eigenvalue weighted by Gasteiger charge is -2.37. The molecule has 1 aromatic rings. The molecule has 22 heavy (non-hydrogen) atoms. The van der Waals surface area contributed by atoms with Gasteiger partial charge in [0.1, 0.15) is 0 Å². The molecule has 0 radical (unpaired) electrons. The Morgan fingerprint density at radius 2 is 2.09 bits per heavy atom. The van der Waals surface area contributed by atoms with Crippen molar-refractivity contribution in [3.63, 3.8) is 0 Å². The van der Waals surface area contributed by atoms with E-state index in [0.717, 1.165) is 6.07 Å². The van der Waals surface area contributed by atoms with Crippen molar-refractivity contribution in [2.45, 2.75) is 31.7 Å². The van der Waals surface area contributed by atoms with Crippen molar-refractivity contribution < 1.29 is 27.8 Å². The molecular weight excluding hydrogens is 299 g/mol. The molecule has 2 atom stereocenters. The van der Waals surface area contributed by atoms with Gasteiger partial charge in [-0.2, -0.15) is 13.2 Å². The summed E-state index contributed by atoms with van der Waals surface area (Å²) in [7, 11) is 0. The van der Waals surface area contributed by atoms with Crippen LogP contribution >= 0.6 is 0 Å². The van der Waals surface area contributed by atoms with Crippen molar-refractivity contribution in [3.05, 3.63) is 35.4 Å². The van der Waals surface area contributed by atoms with Crippen LogP contribution in [0.3, 0.4) is 0 Å². The zero-order chi connectivity index (χ0) is 16.3. The van der Waals surface area contributed by atoms with Crippen LogP contribution in [-0.2, 0) is 22.1 Å². The van der Waals surface area contributed by atoms with E-state index in [0.29, 0.717) is 0 Å². The summed E-state index contributed by atoms with van der Waals surface area (Å²) in [4.78, 5) is 13.8. The number of morpholine rings is 1. The fourth-order valence-corrected chi connectivity index (χ4v) is 2.49. The van der Waals surface area contributed by atoms with Gasteiger partial charge < -0.3 is 14.7 Å².